The second-order valence-corrected chi connectivity index (χ2v) is 3.39. The molecule has 0 spiro atoms. The molecule has 0 aliphatic carbocycles. The van der Waals surface area contributed by atoms with Gasteiger partial charge in [-0.1, -0.05) is 0 Å². The molecule has 0 radical (unpaired) electrons. The summed E-state index contributed by atoms with van der Waals surface area (Å²) in [5.74, 6) is -3.44. The minimum atomic E-state index is -3.20. The summed E-state index contributed by atoms with van der Waals surface area (Å²) in [6, 6.07) is 0.558. The fraction of sp³-hybridized carbons (Fsp3) is 0.400. The molecule has 1 aromatic rings. The number of halogens is 3. The number of alkyl halides is 2. The molecule has 0 atom stereocenters. The summed E-state index contributed by atoms with van der Waals surface area (Å²) >= 11 is 0. The highest BCUT2D eigenvalue weighted by Crippen LogP contribution is 2.29. The Kier molecular flexibility index (Phi) is 4.79. The fourth-order valence-electron chi connectivity index (χ4n) is 1.34. The molecule has 0 aliphatic rings. The topological polar surface area (TPSA) is 82.3 Å². The molecule has 19 heavy (non-hydrogen) atoms. The lowest BCUT2D eigenvalue weighted by atomic mass is 10.1. The molecular weight excluding hydrogens is 269 g/mol. The Morgan fingerprint density at radius 3 is 2.68 bits per heavy atom. The Morgan fingerprint density at radius 1 is 1.58 bits per heavy atom. The molecule has 9 heteroatoms. The zero-order chi connectivity index (χ0) is 14.6. The number of nitrogens with zero attached hydrogens (tertiary/aromatic N) is 2. The normalized spacial score (nSPS) is 10.6. The molecule has 0 bridgehead atoms. The van der Waals surface area contributed by atoms with Crippen LogP contribution < -0.4 is 0 Å². The van der Waals surface area contributed by atoms with Gasteiger partial charge in [-0.25, -0.2) is 8.78 Å². The highest BCUT2D eigenvalue weighted by atomic mass is 19.3. The number of ether oxygens (including phenoxy) is 1. The van der Waals surface area contributed by atoms with Gasteiger partial charge in [0.15, 0.2) is 0 Å². The standard InChI is InChI=1S/C10H9F3N2O4/c1-2-19-7(16)4-5-3-6(8(11)12)10(15(17)18)14-9(5)13/h3,8H,2,4H2,1H3. The zero-order valence-electron chi connectivity index (χ0n) is 9.73. The van der Waals surface area contributed by atoms with E-state index in [4.69, 9.17) is 0 Å². The minimum absolute atomic E-state index is 0.0442. The average molecular weight is 278 g/mol. The predicted molar refractivity (Wildman–Crippen MR) is 56.1 cm³/mol. The molecule has 0 aliphatic heterocycles. The van der Waals surface area contributed by atoms with Crippen LogP contribution in [0.4, 0.5) is 19.0 Å². The fourth-order valence-corrected chi connectivity index (χ4v) is 1.34. The summed E-state index contributed by atoms with van der Waals surface area (Å²) in [4.78, 5) is 23.2. The average Bonchev–Trinajstić information content (AvgIpc) is 2.31. The van der Waals surface area contributed by atoms with E-state index in [1.54, 1.807) is 0 Å². The lowest BCUT2D eigenvalue weighted by molar-refractivity contribution is -0.391. The third-order valence-electron chi connectivity index (χ3n) is 2.11. The molecule has 1 aromatic heterocycles. The molecule has 0 N–H and O–H groups in total. The first-order valence-electron chi connectivity index (χ1n) is 5.14. The Labute approximate surface area is 105 Å². The number of nitro groups is 1. The molecule has 6 nitrogen and oxygen atoms in total. The quantitative estimate of drug-likeness (QED) is 0.357. The van der Waals surface area contributed by atoms with Gasteiger partial charge in [0.1, 0.15) is 5.56 Å². The summed E-state index contributed by atoms with van der Waals surface area (Å²) < 4.78 is 43.1. The minimum Gasteiger partial charge on any atom is -0.466 e. The third-order valence-corrected chi connectivity index (χ3v) is 2.11. The van der Waals surface area contributed by atoms with Gasteiger partial charge >= 0.3 is 17.7 Å². The molecule has 0 unspecified atom stereocenters. The summed E-state index contributed by atoms with van der Waals surface area (Å²) in [5, 5.41) is 10.5. The smallest absolute Gasteiger partial charge is 0.375 e. The highest BCUT2D eigenvalue weighted by molar-refractivity contribution is 5.72. The van der Waals surface area contributed by atoms with Crippen molar-refractivity contribution in [2.45, 2.75) is 19.8 Å². The second kappa shape index (κ2) is 6.12. The van der Waals surface area contributed by atoms with Crippen LogP contribution in [-0.2, 0) is 16.0 Å². The van der Waals surface area contributed by atoms with E-state index in [9.17, 15) is 28.1 Å². The van der Waals surface area contributed by atoms with E-state index in [1.807, 2.05) is 0 Å². The second-order valence-electron chi connectivity index (χ2n) is 3.39. The summed E-state index contributed by atoms with van der Waals surface area (Å²) in [6.45, 7) is 1.56. The Hall–Kier alpha value is -2.19. The molecule has 104 valence electrons. The summed E-state index contributed by atoms with van der Waals surface area (Å²) in [6.07, 6.45) is -3.82. The number of carbonyl (C=O) groups is 1. The van der Waals surface area contributed by atoms with Crippen LogP contribution in [0.3, 0.4) is 0 Å². The van der Waals surface area contributed by atoms with Gasteiger partial charge in [0.25, 0.3) is 6.43 Å². The van der Waals surface area contributed by atoms with Crippen molar-refractivity contribution < 1.29 is 27.6 Å². The van der Waals surface area contributed by atoms with E-state index < -0.39 is 46.6 Å². The van der Waals surface area contributed by atoms with Gasteiger partial charge in [-0.3, -0.25) is 4.79 Å². The van der Waals surface area contributed by atoms with E-state index in [2.05, 4.69) is 9.72 Å². The first-order valence-corrected chi connectivity index (χ1v) is 5.14. The first-order chi connectivity index (χ1) is 8.86. The number of rotatable bonds is 5. The number of esters is 1. The van der Waals surface area contributed by atoms with Gasteiger partial charge in [0, 0.05) is 5.56 Å². The summed E-state index contributed by atoms with van der Waals surface area (Å²) in [5.41, 5.74) is -1.51. The number of hydrogen-bond acceptors (Lipinski definition) is 5. The predicted octanol–water partition coefficient (Wildman–Crippen LogP) is 2.17. The maximum absolute atomic E-state index is 13.4. The van der Waals surface area contributed by atoms with Gasteiger partial charge in [-0.05, 0) is 22.9 Å². The van der Waals surface area contributed by atoms with Crippen molar-refractivity contribution in [1.29, 1.82) is 0 Å². The molecule has 1 rings (SSSR count). The van der Waals surface area contributed by atoms with Crippen molar-refractivity contribution in [1.82, 2.24) is 4.98 Å². The molecule has 0 saturated carbocycles. The SMILES string of the molecule is CCOC(=O)Cc1cc(C(F)F)c([N+](=O)[O-])nc1F. The van der Waals surface area contributed by atoms with Gasteiger partial charge in [-0.15, -0.1) is 0 Å². The van der Waals surface area contributed by atoms with Crippen LogP contribution in [0.5, 0.6) is 0 Å². The Bertz CT molecular complexity index is 508. The summed E-state index contributed by atoms with van der Waals surface area (Å²) in [7, 11) is 0. The molecular formula is C10H9F3N2O4. The monoisotopic (exact) mass is 278 g/mol. The maximum atomic E-state index is 13.4. The van der Waals surface area contributed by atoms with Crippen LogP contribution in [0.25, 0.3) is 0 Å². The van der Waals surface area contributed by atoms with Crippen molar-refractivity contribution in [3.05, 3.63) is 33.3 Å². The van der Waals surface area contributed by atoms with Crippen molar-refractivity contribution >= 4 is 11.8 Å². The number of pyridine rings is 1. The van der Waals surface area contributed by atoms with Gasteiger partial charge in [-0.2, -0.15) is 4.39 Å². The van der Waals surface area contributed by atoms with Gasteiger partial charge in [0.2, 0.25) is 0 Å². The van der Waals surface area contributed by atoms with E-state index in [-0.39, 0.29) is 6.61 Å². The molecule has 0 amide bonds. The number of hydrogen-bond donors (Lipinski definition) is 0. The van der Waals surface area contributed by atoms with E-state index in [1.165, 1.54) is 6.92 Å². The maximum Gasteiger partial charge on any atom is 0.375 e. The Balaban J connectivity index is 3.17. The van der Waals surface area contributed by atoms with Crippen LogP contribution in [0.15, 0.2) is 6.07 Å². The third kappa shape index (κ3) is 3.63. The van der Waals surface area contributed by atoms with Crippen LogP contribution in [0.2, 0.25) is 0 Å². The lowest BCUT2D eigenvalue weighted by Crippen LogP contribution is -2.11. The van der Waals surface area contributed by atoms with Crippen LogP contribution >= 0.6 is 0 Å². The zero-order valence-corrected chi connectivity index (χ0v) is 9.73. The van der Waals surface area contributed by atoms with Crippen molar-refractivity contribution in [2.24, 2.45) is 0 Å². The first kappa shape index (κ1) is 14.9. The van der Waals surface area contributed by atoms with Gasteiger partial charge < -0.3 is 14.9 Å². The van der Waals surface area contributed by atoms with Crippen LogP contribution in [-0.4, -0.2) is 22.5 Å². The van der Waals surface area contributed by atoms with Crippen molar-refractivity contribution in [2.75, 3.05) is 6.61 Å². The van der Waals surface area contributed by atoms with E-state index in [0.717, 1.165) is 0 Å². The van der Waals surface area contributed by atoms with Crippen molar-refractivity contribution in [3.8, 4) is 0 Å². The van der Waals surface area contributed by atoms with Crippen LogP contribution in [0, 0.1) is 16.1 Å². The molecule has 1 heterocycles. The molecule has 0 fully saturated rings. The largest absolute Gasteiger partial charge is 0.466 e. The van der Waals surface area contributed by atoms with Crippen LogP contribution in [0.1, 0.15) is 24.5 Å². The van der Waals surface area contributed by atoms with Crippen molar-refractivity contribution in [3.63, 3.8) is 0 Å². The van der Waals surface area contributed by atoms with E-state index in [0.29, 0.717) is 6.07 Å². The highest BCUT2D eigenvalue weighted by Gasteiger charge is 2.28. The number of aromatic nitrogens is 1. The number of carbonyl (C=O) groups excluding carboxylic acids is 1. The molecule has 0 saturated heterocycles. The lowest BCUT2D eigenvalue weighted by Gasteiger charge is -2.05. The Morgan fingerprint density at radius 2 is 2.21 bits per heavy atom. The van der Waals surface area contributed by atoms with E-state index >= 15 is 0 Å². The van der Waals surface area contributed by atoms with Gasteiger partial charge in [0.05, 0.1) is 13.0 Å². The molecule has 0 aromatic carbocycles.